The topological polar surface area (TPSA) is 29.5 Å². The molecule has 0 aromatic heterocycles. The molecule has 1 aliphatic rings. The summed E-state index contributed by atoms with van der Waals surface area (Å²) in [6.45, 7) is 6.91. The van der Waals surface area contributed by atoms with Crippen molar-refractivity contribution < 1.29 is 9.53 Å². The van der Waals surface area contributed by atoms with Crippen LogP contribution in [0, 0.1) is 12.8 Å². The fraction of sp³-hybridized carbons (Fsp3) is 0.562. The van der Waals surface area contributed by atoms with Crippen LogP contribution in [0.4, 0.5) is 0 Å². The molecular formula is C16H22ClNO2. The molecule has 110 valence electrons. The smallest absolute Gasteiger partial charge is 0.170 e. The van der Waals surface area contributed by atoms with Crippen LogP contribution in [0.3, 0.4) is 0 Å². The van der Waals surface area contributed by atoms with Crippen molar-refractivity contribution in [2.24, 2.45) is 5.92 Å². The number of methoxy groups -OCH3 is 1. The third-order valence-corrected chi connectivity index (χ3v) is 4.11. The first-order valence-corrected chi connectivity index (χ1v) is 7.51. The maximum absolute atomic E-state index is 12.7. The molecule has 0 saturated carbocycles. The van der Waals surface area contributed by atoms with E-state index in [0.717, 1.165) is 25.2 Å². The average molecular weight is 296 g/mol. The van der Waals surface area contributed by atoms with Gasteiger partial charge in [0, 0.05) is 17.5 Å². The molecule has 0 aliphatic carbocycles. The van der Waals surface area contributed by atoms with E-state index in [1.165, 1.54) is 12.8 Å². The number of nitrogens with zero attached hydrogens (tertiary/aromatic N) is 1. The van der Waals surface area contributed by atoms with Gasteiger partial charge < -0.3 is 9.64 Å². The van der Waals surface area contributed by atoms with E-state index in [0.29, 0.717) is 16.3 Å². The fourth-order valence-corrected chi connectivity index (χ4v) is 3.16. The van der Waals surface area contributed by atoms with Gasteiger partial charge in [0.15, 0.2) is 5.78 Å². The predicted molar refractivity (Wildman–Crippen MR) is 81.9 cm³/mol. The quantitative estimate of drug-likeness (QED) is 0.778. The number of halogens is 1. The lowest BCUT2D eigenvalue weighted by molar-refractivity contribution is 0.0899. The second-order valence-corrected chi connectivity index (χ2v) is 6.01. The van der Waals surface area contributed by atoms with E-state index in [2.05, 4.69) is 4.90 Å². The van der Waals surface area contributed by atoms with Crippen LogP contribution in [-0.2, 0) is 0 Å². The summed E-state index contributed by atoms with van der Waals surface area (Å²) in [4.78, 5) is 15.0. The first-order chi connectivity index (χ1) is 9.52. The summed E-state index contributed by atoms with van der Waals surface area (Å²) < 4.78 is 5.38. The fourth-order valence-electron chi connectivity index (χ4n) is 2.88. The van der Waals surface area contributed by atoms with Crippen molar-refractivity contribution in [2.75, 3.05) is 26.7 Å². The van der Waals surface area contributed by atoms with Gasteiger partial charge in [-0.15, -0.1) is 0 Å². The third-order valence-electron chi connectivity index (χ3n) is 3.89. The van der Waals surface area contributed by atoms with Crippen molar-refractivity contribution in [1.82, 2.24) is 4.90 Å². The largest absolute Gasteiger partial charge is 0.496 e. The van der Waals surface area contributed by atoms with Crippen molar-refractivity contribution in [3.8, 4) is 5.75 Å². The zero-order chi connectivity index (χ0) is 14.7. The Bertz CT molecular complexity index is 495. The van der Waals surface area contributed by atoms with Crippen molar-refractivity contribution in [3.63, 3.8) is 0 Å². The van der Waals surface area contributed by atoms with Crippen LogP contribution in [0.5, 0.6) is 5.75 Å². The highest BCUT2D eigenvalue weighted by molar-refractivity contribution is 6.31. The molecule has 20 heavy (non-hydrogen) atoms. The second kappa shape index (κ2) is 6.59. The van der Waals surface area contributed by atoms with E-state index >= 15 is 0 Å². The van der Waals surface area contributed by atoms with Gasteiger partial charge in [0.05, 0.1) is 12.7 Å². The molecule has 0 amide bonds. The SMILES string of the molecule is COc1c(C)cc(Cl)cc1C(=O)C(C)CN1CCCC1. The first-order valence-electron chi connectivity index (χ1n) is 7.13. The Morgan fingerprint density at radius 3 is 2.65 bits per heavy atom. The van der Waals surface area contributed by atoms with Gasteiger partial charge in [-0.3, -0.25) is 4.79 Å². The van der Waals surface area contributed by atoms with E-state index in [4.69, 9.17) is 16.3 Å². The number of aryl methyl sites for hydroxylation is 1. The number of carbonyl (C=O) groups is 1. The molecule has 0 spiro atoms. The highest BCUT2D eigenvalue weighted by Crippen LogP contribution is 2.29. The lowest BCUT2D eigenvalue weighted by Crippen LogP contribution is -2.29. The second-order valence-electron chi connectivity index (χ2n) is 5.58. The highest BCUT2D eigenvalue weighted by Gasteiger charge is 2.24. The van der Waals surface area contributed by atoms with Gasteiger partial charge in [-0.25, -0.2) is 0 Å². The van der Waals surface area contributed by atoms with Crippen LogP contribution < -0.4 is 4.74 Å². The van der Waals surface area contributed by atoms with Crippen molar-refractivity contribution in [1.29, 1.82) is 0 Å². The third kappa shape index (κ3) is 3.33. The predicted octanol–water partition coefficient (Wildman–Crippen LogP) is 3.57. The Kier molecular flexibility index (Phi) is 5.06. The van der Waals surface area contributed by atoms with Crippen LogP contribution >= 0.6 is 11.6 Å². The van der Waals surface area contributed by atoms with Crippen LogP contribution in [0.2, 0.25) is 5.02 Å². The number of carbonyl (C=O) groups excluding carboxylic acids is 1. The molecule has 1 fully saturated rings. The average Bonchev–Trinajstić information content (AvgIpc) is 2.89. The number of rotatable bonds is 5. The molecule has 1 atom stereocenters. The molecule has 1 saturated heterocycles. The van der Waals surface area contributed by atoms with E-state index in [1.54, 1.807) is 13.2 Å². The molecule has 2 rings (SSSR count). The Morgan fingerprint density at radius 1 is 1.40 bits per heavy atom. The standard InChI is InChI=1S/C16H22ClNO2/c1-11-8-13(17)9-14(16(11)20-3)15(19)12(2)10-18-6-4-5-7-18/h8-9,12H,4-7,10H2,1-3H3. The number of Topliss-reactive ketones (excluding diaryl/α,β-unsaturated/α-hetero) is 1. The summed E-state index contributed by atoms with van der Waals surface area (Å²) in [7, 11) is 1.60. The van der Waals surface area contributed by atoms with Gasteiger partial charge in [0.1, 0.15) is 5.75 Å². The molecule has 1 aliphatic heterocycles. The molecule has 1 aromatic carbocycles. The molecule has 1 aromatic rings. The number of likely N-dealkylation sites (tertiary alicyclic amines) is 1. The molecular weight excluding hydrogens is 274 g/mol. The highest BCUT2D eigenvalue weighted by atomic mass is 35.5. The number of benzene rings is 1. The normalized spacial score (nSPS) is 17.2. The molecule has 0 radical (unpaired) electrons. The number of hydrogen-bond donors (Lipinski definition) is 0. The van der Waals surface area contributed by atoms with Crippen LogP contribution in [-0.4, -0.2) is 37.4 Å². The van der Waals surface area contributed by atoms with Crippen LogP contribution in [0.15, 0.2) is 12.1 Å². The minimum Gasteiger partial charge on any atom is -0.496 e. The lowest BCUT2D eigenvalue weighted by Gasteiger charge is -2.20. The van der Waals surface area contributed by atoms with Gasteiger partial charge in [-0.1, -0.05) is 18.5 Å². The Labute approximate surface area is 125 Å². The number of ketones is 1. The Morgan fingerprint density at radius 2 is 2.05 bits per heavy atom. The van der Waals surface area contributed by atoms with Gasteiger partial charge in [0.2, 0.25) is 0 Å². The summed E-state index contributed by atoms with van der Waals surface area (Å²) in [6.07, 6.45) is 2.47. The molecule has 3 nitrogen and oxygen atoms in total. The van der Waals surface area contributed by atoms with Gasteiger partial charge in [-0.2, -0.15) is 0 Å². The summed E-state index contributed by atoms with van der Waals surface area (Å²) in [6, 6.07) is 3.54. The minimum absolute atomic E-state index is 0.0418. The Balaban J connectivity index is 2.19. The molecule has 1 unspecified atom stereocenters. The zero-order valence-electron chi connectivity index (χ0n) is 12.4. The number of hydrogen-bond acceptors (Lipinski definition) is 3. The van der Waals surface area contributed by atoms with E-state index in [1.807, 2.05) is 19.9 Å². The summed E-state index contributed by atoms with van der Waals surface area (Å²) in [5.41, 5.74) is 1.50. The van der Waals surface area contributed by atoms with Crippen molar-refractivity contribution in [2.45, 2.75) is 26.7 Å². The van der Waals surface area contributed by atoms with Crippen LogP contribution in [0.25, 0.3) is 0 Å². The van der Waals surface area contributed by atoms with Gasteiger partial charge >= 0.3 is 0 Å². The minimum atomic E-state index is -0.0418. The first kappa shape index (κ1) is 15.3. The van der Waals surface area contributed by atoms with Gasteiger partial charge in [-0.05, 0) is 50.6 Å². The molecule has 0 N–H and O–H groups in total. The van der Waals surface area contributed by atoms with E-state index in [9.17, 15) is 4.79 Å². The summed E-state index contributed by atoms with van der Waals surface area (Å²) in [5, 5.41) is 0.583. The maximum Gasteiger partial charge on any atom is 0.170 e. The summed E-state index contributed by atoms with van der Waals surface area (Å²) >= 11 is 6.08. The molecule has 0 bridgehead atoms. The van der Waals surface area contributed by atoms with E-state index in [-0.39, 0.29) is 11.7 Å². The molecule has 1 heterocycles. The molecule has 4 heteroatoms. The summed E-state index contributed by atoms with van der Waals surface area (Å²) in [5.74, 6) is 0.715. The maximum atomic E-state index is 12.7. The van der Waals surface area contributed by atoms with Gasteiger partial charge in [0.25, 0.3) is 0 Å². The number of ether oxygens (including phenoxy) is 1. The van der Waals surface area contributed by atoms with Crippen LogP contribution in [0.1, 0.15) is 35.7 Å². The monoisotopic (exact) mass is 295 g/mol. The van der Waals surface area contributed by atoms with Crippen molar-refractivity contribution >= 4 is 17.4 Å². The Hall–Kier alpha value is -1.06. The van der Waals surface area contributed by atoms with E-state index < -0.39 is 0 Å². The van der Waals surface area contributed by atoms with Crippen molar-refractivity contribution in [3.05, 3.63) is 28.3 Å². The zero-order valence-corrected chi connectivity index (χ0v) is 13.2. The lowest BCUT2D eigenvalue weighted by atomic mass is 9.96.